The zero-order chi connectivity index (χ0) is 12.5. The van der Waals surface area contributed by atoms with Gasteiger partial charge < -0.3 is 26.7 Å². The van der Waals surface area contributed by atoms with Gasteiger partial charge in [0.25, 0.3) is 0 Å². The third-order valence-electron chi connectivity index (χ3n) is 1.12. The smallest absolute Gasteiger partial charge is 0.418 e. The van der Waals surface area contributed by atoms with Crippen molar-refractivity contribution in [2.75, 3.05) is 41.3 Å². The summed E-state index contributed by atoms with van der Waals surface area (Å²) in [5.74, 6) is 0. The SMILES string of the molecule is CCOC[N+](C)(C)COC.F[B-](F)(F)F. The highest BCUT2D eigenvalue weighted by Gasteiger charge is 2.20. The maximum absolute atomic E-state index is 9.75. The first-order chi connectivity index (χ1) is 6.62. The van der Waals surface area contributed by atoms with Crippen LogP contribution in [0.4, 0.5) is 17.3 Å². The molecule has 0 rings (SSSR count). The molecular weight excluding hydrogens is 217 g/mol. The second-order valence-corrected chi connectivity index (χ2v) is 3.47. The molecule has 0 heterocycles. The van der Waals surface area contributed by atoms with Gasteiger partial charge in [-0.05, 0) is 6.92 Å². The van der Waals surface area contributed by atoms with Gasteiger partial charge >= 0.3 is 7.25 Å². The fourth-order valence-corrected chi connectivity index (χ4v) is 0.725. The molecule has 94 valence electrons. The molecule has 0 amide bonds. The summed E-state index contributed by atoms with van der Waals surface area (Å²) in [5.41, 5.74) is 0. The van der Waals surface area contributed by atoms with Gasteiger partial charge in [-0.15, -0.1) is 0 Å². The lowest BCUT2D eigenvalue weighted by atomic mass is 10.3. The number of hydrogen-bond donors (Lipinski definition) is 0. The van der Waals surface area contributed by atoms with Gasteiger partial charge in [0.1, 0.15) is 0 Å². The van der Waals surface area contributed by atoms with Crippen molar-refractivity contribution < 1.29 is 31.2 Å². The Bertz CT molecular complexity index is 148. The summed E-state index contributed by atoms with van der Waals surface area (Å²) in [5, 5.41) is 0. The first-order valence-corrected chi connectivity index (χ1v) is 4.38. The monoisotopic (exact) mass is 235 g/mol. The molecule has 8 heteroatoms. The standard InChI is InChI=1S/C7H18NO2.BF4/c1-5-10-7-8(2,3)6-9-4;2-1(3,4)5/h5-7H2,1-4H3;/q+1;-1. The Morgan fingerprint density at radius 1 is 1.07 bits per heavy atom. The minimum atomic E-state index is -6.00. The average Bonchev–Trinajstić information content (AvgIpc) is 1.97. The van der Waals surface area contributed by atoms with Gasteiger partial charge in [-0.1, -0.05) is 0 Å². The van der Waals surface area contributed by atoms with Crippen molar-refractivity contribution in [2.24, 2.45) is 0 Å². The molecule has 0 aliphatic rings. The minimum Gasteiger partial charge on any atom is -0.418 e. The van der Waals surface area contributed by atoms with Gasteiger partial charge in [0.15, 0.2) is 13.5 Å². The predicted molar refractivity (Wildman–Crippen MR) is 50.7 cm³/mol. The molecule has 0 aliphatic carbocycles. The van der Waals surface area contributed by atoms with E-state index < -0.39 is 7.25 Å². The zero-order valence-corrected chi connectivity index (χ0v) is 9.47. The molecule has 0 saturated heterocycles. The van der Waals surface area contributed by atoms with E-state index in [4.69, 9.17) is 9.47 Å². The van der Waals surface area contributed by atoms with Crippen LogP contribution >= 0.6 is 0 Å². The Labute approximate surface area is 87.6 Å². The van der Waals surface area contributed by atoms with Crippen LogP contribution in [0.5, 0.6) is 0 Å². The predicted octanol–water partition coefficient (Wildman–Crippen LogP) is 1.96. The maximum Gasteiger partial charge on any atom is 0.673 e. The van der Waals surface area contributed by atoms with Crippen molar-refractivity contribution in [2.45, 2.75) is 6.92 Å². The van der Waals surface area contributed by atoms with Crippen LogP contribution in [-0.4, -0.2) is 53.0 Å². The van der Waals surface area contributed by atoms with E-state index in [-0.39, 0.29) is 0 Å². The summed E-state index contributed by atoms with van der Waals surface area (Å²) < 4.78 is 50.0. The third kappa shape index (κ3) is 24.8. The van der Waals surface area contributed by atoms with Crippen LogP contribution in [0.1, 0.15) is 6.92 Å². The zero-order valence-electron chi connectivity index (χ0n) is 9.47. The van der Waals surface area contributed by atoms with Gasteiger partial charge in [0.2, 0.25) is 0 Å². The summed E-state index contributed by atoms with van der Waals surface area (Å²) in [6.07, 6.45) is 0. The van der Waals surface area contributed by atoms with Gasteiger partial charge in [-0.3, -0.25) is 4.48 Å². The second kappa shape index (κ2) is 7.89. The Kier molecular flexibility index (Phi) is 8.98. The lowest BCUT2D eigenvalue weighted by Gasteiger charge is -2.27. The van der Waals surface area contributed by atoms with E-state index in [1.165, 1.54) is 0 Å². The highest BCUT2D eigenvalue weighted by molar-refractivity contribution is 6.50. The van der Waals surface area contributed by atoms with Crippen molar-refractivity contribution in [3.63, 3.8) is 0 Å². The van der Waals surface area contributed by atoms with E-state index in [0.29, 0.717) is 13.5 Å². The van der Waals surface area contributed by atoms with Gasteiger partial charge in [-0.25, -0.2) is 0 Å². The molecule has 0 fully saturated rings. The first kappa shape index (κ1) is 17.1. The Hall–Kier alpha value is -0.335. The number of halogens is 4. The molecule has 0 aliphatic heterocycles. The van der Waals surface area contributed by atoms with Crippen molar-refractivity contribution in [3.8, 4) is 0 Å². The van der Waals surface area contributed by atoms with Gasteiger partial charge in [-0.2, -0.15) is 0 Å². The number of rotatable bonds is 5. The van der Waals surface area contributed by atoms with Gasteiger partial charge in [0, 0.05) is 13.7 Å². The van der Waals surface area contributed by atoms with E-state index in [2.05, 4.69) is 14.1 Å². The molecule has 0 radical (unpaired) electrons. The van der Waals surface area contributed by atoms with Crippen molar-refractivity contribution in [3.05, 3.63) is 0 Å². The topological polar surface area (TPSA) is 18.5 Å². The maximum atomic E-state index is 9.75. The van der Waals surface area contributed by atoms with E-state index in [9.17, 15) is 17.3 Å². The number of quaternary nitrogens is 1. The molecule has 15 heavy (non-hydrogen) atoms. The molecular formula is C7H18BF4NO2. The number of hydrogen-bond acceptors (Lipinski definition) is 2. The molecule has 0 unspecified atom stereocenters. The lowest BCUT2D eigenvalue weighted by Crippen LogP contribution is -2.42. The highest BCUT2D eigenvalue weighted by Crippen LogP contribution is 2.06. The van der Waals surface area contributed by atoms with Crippen LogP contribution in [0.25, 0.3) is 0 Å². The Morgan fingerprint density at radius 3 is 1.73 bits per heavy atom. The summed E-state index contributed by atoms with van der Waals surface area (Å²) in [4.78, 5) is 0. The van der Waals surface area contributed by atoms with Crippen LogP contribution in [0.15, 0.2) is 0 Å². The third-order valence-corrected chi connectivity index (χ3v) is 1.12. The fourth-order valence-electron chi connectivity index (χ4n) is 0.725. The van der Waals surface area contributed by atoms with Crippen molar-refractivity contribution in [1.29, 1.82) is 0 Å². The summed E-state index contributed by atoms with van der Waals surface area (Å²) in [6.45, 7) is 4.17. The van der Waals surface area contributed by atoms with Gasteiger partial charge in [0.05, 0.1) is 14.1 Å². The van der Waals surface area contributed by atoms with E-state index >= 15 is 0 Å². The average molecular weight is 235 g/mol. The first-order valence-electron chi connectivity index (χ1n) is 4.38. The number of ether oxygens (including phenoxy) is 2. The van der Waals surface area contributed by atoms with E-state index in [0.717, 1.165) is 11.1 Å². The highest BCUT2D eigenvalue weighted by atomic mass is 19.5. The molecule has 0 atom stereocenters. The molecule has 0 aromatic rings. The molecule has 0 saturated carbocycles. The fraction of sp³-hybridized carbons (Fsp3) is 1.00. The minimum absolute atomic E-state index is 0.694. The summed E-state index contributed by atoms with van der Waals surface area (Å²) >= 11 is 0. The largest absolute Gasteiger partial charge is 0.673 e. The van der Waals surface area contributed by atoms with Crippen molar-refractivity contribution in [1.82, 2.24) is 0 Å². The number of methoxy groups -OCH3 is 1. The van der Waals surface area contributed by atoms with Crippen LogP contribution in [-0.2, 0) is 9.47 Å². The second-order valence-electron chi connectivity index (χ2n) is 3.47. The molecule has 0 bridgehead atoms. The molecule has 0 aromatic heterocycles. The van der Waals surface area contributed by atoms with Crippen LogP contribution < -0.4 is 0 Å². The molecule has 0 spiro atoms. The lowest BCUT2D eigenvalue weighted by molar-refractivity contribution is -0.927. The molecule has 0 aromatic carbocycles. The van der Waals surface area contributed by atoms with Crippen molar-refractivity contribution >= 4 is 7.25 Å². The Balaban J connectivity index is 0. The normalized spacial score (nSPS) is 12.0. The van der Waals surface area contributed by atoms with E-state index in [1.807, 2.05) is 6.92 Å². The Morgan fingerprint density at radius 2 is 1.47 bits per heavy atom. The van der Waals surface area contributed by atoms with E-state index in [1.54, 1.807) is 7.11 Å². The summed E-state index contributed by atoms with van der Waals surface area (Å²) in [6, 6.07) is 0. The quantitative estimate of drug-likeness (QED) is 0.314. The van der Waals surface area contributed by atoms with Crippen LogP contribution in [0, 0.1) is 0 Å². The summed E-state index contributed by atoms with van der Waals surface area (Å²) in [7, 11) is -0.162. The van der Waals surface area contributed by atoms with Crippen LogP contribution in [0.3, 0.4) is 0 Å². The molecule has 3 nitrogen and oxygen atoms in total. The molecule has 0 N–H and O–H groups in total. The number of nitrogens with zero attached hydrogens (tertiary/aromatic N) is 1. The van der Waals surface area contributed by atoms with Crippen LogP contribution in [0.2, 0.25) is 0 Å².